The lowest BCUT2D eigenvalue weighted by molar-refractivity contribution is -0.158. The second-order valence-electron chi connectivity index (χ2n) is 6.63. The van der Waals surface area contributed by atoms with Gasteiger partial charge in [0.05, 0.1) is 5.92 Å². The number of amides is 2. The second-order valence-corrected chi connectivity index (χ2v) is 7.04. The third-order valence-electron chi connectivity index (χ3n) is 4.45. The minimum absolute atomic E-state index is 0.0975. The van der Waals surface area contributed by atoms with Crippen molar-refractivity contribution in [3.63, 3.8) is 0 Å². The molecule has 0 spiro atoms. The van der Waals surface area contributed by atoms with Crippen LogP contribution >= 0.6 is 11.6 Å². The van der Waals surface area contributed by atoms with Crippen molar-refractivity contribution in [2.24, 2.45) is 5.92 Å². The normalized spacial score (nSPS) is 21.1. The smallest absolute Gasteiger partial charge is 0.312 e. The highest BCUT2D eigenvalue weighted by atomic mass is 35.5. The molecule has 1 aromatic carbocycles. The Morgan fingerprint density at radius 1 is 1.36 bits per heavy atom. The van der Waals surface area contributed by atoms with Crippen molar-refractivity contribution in [2.45, 2.75) is 44.9 Å². The molecular weight excluding hydrogens is 344 g/mol. The van der Waals surface area contributed by atoms with Gasteiger partial charge in [0.15, 0.2) is 6.10 Å². The van der Waals surface area contributed by atoms with E-state index in [9.17, 15) is 14.4 Å². The zero-order valence-corrected chi connectivity index (χ0v) is 14.8. The van der Waals surface area contributed by atoms with Crippen LogP contribution in [-0.2, 0) is 25.7 Å². The van der Waals surface area contributed by atoms with Gasteiger partial charge in [-0.25, -0.2) is 0 Å². The molecule has 2 aliphatic rings. The molecule has 1 saturated carbocycles. The van der Waals surface area contributed by atoms with Crippen molar-refractivity contribution in [1.29, 1.82) is 0 Å². The number of carbonyl (C=O) groups excluding carboxylic acids is 3. The van der Waals surface area contributed by atoms with Crippen molar-refractivity contribution in [1.82, 2.24) is 10.2 Å². The molecule has 7 heteroatoms. The van der Waals surface area contributed by atoms with Crippen LogP contribution in [0, 0.1) is 5.92 Å². The van der Waals surface area contributed by atoms with Gasteiger partial charge < -0.3 is 15.0 Å². The van der Waals surface area contributed by atoms with E-state index in [4.69, 9.17) is 16.3 Å². The largest absolute Gasteiger partial charge is 0.452 e. The van der Waals surface area contributed by atoms with Gasteiger partial charge in [-0.1, -0.05) is 29.8 Å². The molecule has 0 aromatic heterocycles. The number of esters is 1. The highest BCUT2D eigenvalue weighted by Gasteiger charge is 2.37. The van der Waals surface area contributed by atoms with Crippen molar-refractivity contribution < 1.29 is 19.1 Å². The Labute approximate surface area is 151 Å². The number of nitrogens with zero attached hydrogens (tertiary/aromatic N) is 1. The Hall–Kier alpha value is -2.08. The Bertz CT molecular complexity index is 689. The maximum Gasteiger partial charge on any atom is 0.312 e. The number of halogens is 1. The summed E-state index contributed by atoms with van der Waals surface area (Å²) in [7, 11) is 0. The quantitative estimate of drug-likeness (QED) is 0.782. The number of benzene rings is 1. The van der Waals surface area contributed by atoms with Crippen LogP contribution in [0.2, 0.25) is 5.02 Å². The number of likely N-dealkylation sites (tertiary alicyclic amines) is 1. The zero-order chi connectivity index (χ0) is 18.0. The molecule has 1 N–H and O–H groups in total. The van der Waals surface area contributed by atoms with Crippen molar-refractivity contribution >= 4 is 29.4 Å². The molecule has 0 radical (unpaired) electrons. The van der Waals surface area contributed by atoms with Gasteiger partial charge in [0.1, 0.15) is 0 Å². The van der Waals surface area contributed by atoms with Crippen molar-refractivity contribution in [3.8, 4) is 0 Å². The van der Waals surface area contributed by atoms with Gasteiger partial charge in [0, 0.05) is 30.6 Å². The number of hydrogen-bond donors (Lipinski definition) is 1. The monoisotopic (exact) mass is 364 g/mol. The van der Waals surface area contributed by atoms with E-state index in [0.717, 1.165) is 18.4 Å². The van der Waals surface area contributed by atoms with Crippen LogP contribution in [0.25, 0.3) is 0 Å². The summed E-state index contributed by atoms with van der Waals surface area (Å²) >= 11 is 6.13. The van der Waals surface area contributed by atoms with Gasteiger partial charge in [-0.2, -0.15) is 0 Å². The van der Waals surface area contributed by atoms with Crippen LogP contribution in [0.3, 0.4) is 0 Å². The fourth-order valence-corrected chi connectivity index (χ4v) is 2.98. The fourth-order valence-electron chi connectivity index (χ4n) is 2.79. The van der Waals surface area contributed by atoms with E-state index < -0.39 is 18.0 Å². The van der Waals surface area contributed by atoms with Gasteiger partial charge in [-0.15, -0.1) is 0 Å². The number of hydrogen-bond acceptors (Lipinski definition) is 4. The average molecular weight is 365 g/mol. The van der Waals surface area contributed by atoms with Gasteiger partial charge in [0.25, 0.3) is 5.91 Å². The first kappa shape index (κ1) is 17.7. The Balaban J connectivity index is 1.53. The van der Waals surface area contributed by atoms with E-state index in [1.165, 1.54) is 0 Å². The summed E-state index contributed by atoms with van der Waals surface area (Å²) in [6, 6.07) is 7.52. The van der Waals surface area contributed by atoms with Crippen LogP contribution < -0.4 is 5.32 Å². The molecule has 2 atom stereocenters. The highest BCUT2D eigenvalue weighted by Crippen LogP contribution is 2.25. The van der Waals surface area contributed by atoms with E-state index in [-0.39, 0.29) is 30.8 Å². The molecular formula is C18H21ClN2O4. The van der Waals surface area contributed by atoms with Crippen LogP contribution in [0.15, 0.2) is 24.3 Å². The fraction of sp³-hybridized carbons (Fsp3) is 0.500. The molecule has 2 amide bonds. The predicted octanol–water partition coefficient (Wildman–Crippen LogP) is 1.90. The molecule has 6 nitrogen and oxygen atoms in total. The van der Waals surface area contributed by atoms with Crippen LogP contribution in [-0.4, -0.2) is 41.4 Å². The average Bonchev–Trinajstić information content (AvgIpc) is 3.31. The molecule has 1 heterocycles. The van der Waals surface area contributed by atoms with Crippen LogP contribution in [0.4, 0.5) is 0 Å². The molecule has 3 rings (SSSR count). The van der Waals surface area contributed by atoms with Crippen LogP contribution in [0.5, 0.6) is 0 Å². The van der Waals surface area contributed by atoms with E-state index in [1.54, 1.807) is 17.9 Å². The lowest BCUT2D eigenvalue weighted by Crippen LogP contribution is -2.38. The Morgan fingerprint density at radius 3 is 2.76 bits per heavy atom. The Morgan fingerprint density at radius 2 is 2.08 bits per heavy atom. The summed E-state index contributed by atoms with van der Waals surface area (Å²) in [5, 5.41) is 3.39. The first-order valence-electron chi connectivity index (χ1n) is 8.46. The molecule has 1 saturated heterocycles. The molecule has 0 unspecified atom stereocenters. The van der Waals surface area contributed by atoms with E-state index in [0.29, 0.717) is 11.6 Å². The molecule has 1 aliphatic carbocycles. The van der Waals surface area contributed by atoms with Gasteiger partial charge in [0.2, 0.25) is 5.91 Å². The summed E-state index contributed by atoms with van der Waals surface area (Å²) in [6.07, 6.45) is 1.20. The third kappa shape index (κ3) is 4.51. The SMILES string of the molecule is C[C@@H](OC(=O)[C@H]1CC(=O)N(Cc2ccccc2Cl)C1)C(=O)NC1CC1. The summed E-state index contributed by atoms with van der Waals surface area (Å²) in [5.41, 5.74) is 0.837. The predicted molar refractivity (Wildman–Crippen MR) is 91.7 cm³/mol. The minimum atomic E-state index is -0.846. The molecule has 25 heavy (non-hydrogen) atoms. The summed E-state index contributed by atoms with van der Waals surface area (Å²) in [4.78, 5) is 37.9. The minimum Gasteiger partial charge on any atom is -0.452 e. The number of nitrogens with one attached hydrogen (secondary N) is 1. The van der Waals surface area contributed by atoms with Crippen molar-refractivity contribution in [2.75, 3.05) is 6.54 Å². The summed E-state index contributed by atoms with van der Waals surface area (Å²) in [6.45, 7) is 2.19. The molecule has 1 aromatic rings. The first-order chi connectivity index (χ1) is 11.9. The van der Waals surface area contributed by atoms with E-state index >= 15 is 0 Å². The topological polar surface area (TPSA) is 75.7 Å². The highest BCUT2D eigenvalue weighted by molar-refractivity contribution is 6.31. The molecule has 1 aliphatic heterocycles. The molecule has 134 valence electrons. The maximum absolute atomic E-state index is 12.3. The summed E-state index contributed by atoms with van der Waals surface area (Å²) in [5.74, 6) is -1.45. The van der Waals surface area contributed by atoms with E-state index in [1.807, 2.05) is 18.2 Å². The number of carbonyl (C=O) groups is 3. The zero-order valence-electron chi connectivity index (χ0n) is 14.0. The number of rotatable bonds is 6. The van der Waals surface area contributed by atoms with Crippen molar-refractivity contribution in [3.05, 3.63) is 34.9 Å². The lowest BCUT2D eigenvalue weighted by atomic mass is 10.1. The maximum atomic E-state index is 12.3. The molecule has 2 fully saturated rings. The molecule has 0 bridgehead atoms. The number of ether oxygens (including phenoxy) is 1. The first-order valence-corrected chi connectivity index (χ1v) is 8.84. The lowest BCUT2D eigenvalue weighted by Gasteiger charge is -2.18. The third-order valence-corrected chi connectivity index (χ3v) is 4.82. The van der Waals surface area contributed by atoms with Gasteiger partial charge >= 0.3 is 5.97 Å². The van der Waals surface area contributed by atoms with Gasteiger partial charge in [-0.05, 0) is 31.4 Å². The van der Waals surface area contributed by atoms with Crippen LogP contribution in [0.1, 0.15) is 31.7 Å². The van der Waals surface area contributed by atoms with Gasteiger partial charge in [-0.3, -0.25) is 14.4 Å². The summed E-state index contributed by atoms with van der Waals surface area (Å²) < 4.78 is 5.24. The second kappa shape index (κ2) is 7.44. The Kier molecular flexibility index (Phi) is 5.27. The standard InChI is InChI=1S/C18H21ClN2O4/c1-11(17(23)20-14-6-7-14)25-18(24)13-8-16(22)21(10-13)9-12-4-2-3-5-15(12)19/h2-5,11,13-14H,6-10H2,1H3,(H,20,23)/t11-,13+/m1/s1. The van der Waals surface area contributed by atoms with E-state index in [2.05, 4.69) is 5.32 Å².